The number of halogens is 2. The van der Waals surface area contributed by atoms with E-state index < -0.39 is 30.3 Å². The number of aromatic nitrogens is 2. The Labute approximate surface area is 168 Å². The molecular weight excluding hydrogens is 384 g/mol. The van der Waals surface area contributed by atoms with Gasteiger partial charge < -0.3 is 20.1 Å². The van der Waals surface area contributed by atoms with Gasteiger partial charge in [-0.2, -0.15) is 4.98 Å². The van der Waals surface area contributed by atoms with Crippen LogP contribution in [0.15, 0.2) is 4.52 Å². The summed E-state index contributed by atoms with van der Waals surface area (Å²) in [5.74, 6) is -3.26. The van der Waals surface area contributed by atoms with Crippen LogP contribution >= 0.6 is 0 Å². The second-order valence-electron chi connectivity index (χ2n) is 8.44. The van der Waals surface area contributed by atoms with Gasteiger partial charge in [0, 0.05) is 33.0 Å². The number of aryl methyl sites for hydroxylation is 1. The molecule has 29 heavy (non-hydrogen) atoms. The number of carbonyl (C=O) groups is 2. The van der Waals surface area contributed by atoms with Gasteiger partial charge in [0.25, 0.3) is 5.92 Å². The summed E-state index contributed by atoms with van der Waals surface area (Å²) < 4.78 is 32.3. The number of hydrogen-bond acceptors (Lipinski definition) is 6. The number of nitrogens with two attached hydrogens (primary N) is 1. The normalized spacial score (nSPS) is 26.2. The Balaban J connectivity index is 1.70. The van der Waals surface area contributed by atoms with E-state index in [4.69, 9.17) is 10.3 Å². The molecule has 1 aliphatic carbocycles. The van der Waals surface area contributed by atoms with E-state index in [2.05, 4.69) is 10.1 Å². The van der Waals surface area contributed by atoms with E-state index >= 15 is 0 Å². The van der Waals surface area contributed by atoms with Crippen LogP contribution in [0.3, 0.4) is 0 Å². The summed E-state index contributed by atoms with van der Waals surface area (Å²) in [4.78, 5) is 32.5. The van der Waals surface area contributed by atoms with E-state index in [9.17, 15) is 18.4 Å². The first-order valence-electron chi connectivity index (χ1n) is 10.0. The van der Waals surface area contributed by atoms with Crippen molar-refractivity contribution in [3.05, 3.63) is 11.7 Å². The second-order valence-corrected chi connectivity index (χ2v) is 8.44. The molecule has 3 rings (SSSR count). The highest BCUT2D eigenvalue weighted by atomic mass is 19.3. The van der Waals surface area contributed by atoms with E-state index in [1.165, 1.54) is 4.90 Å². The van der Waals surface area contributed by atoms with Crippen molar-refractivity contribution in [2.45, 2.75) is 56.9 Å². The number of rotatable bonds is 5. The molecule has 1 saturated heterocycles. The number of hydrogen-bond donors (Lipinski definition) is 1. The molecule has 2 heterocycles. The Morgan fingerprint density at radius 1 is 1.28 bits per heavy atom. The molecule has 2 N–H and O–H groups in total. The van der Waals surface area contributed by atoms with Crippen LogP contribution in [-0.2, 0) is 9.59 Å². The molecule has 162 valence electrons. The molecular formula is C19H29F2N5O3. The molecule has 0 aromatic carbocycles. The van der Waals surface area contributed by atoms with Gasteiger partial charge in [-0.15, -0.1) is 0 Å². The molecule has 0 radical (unpaired) electrons. The Morgan fingerprint density at radius 3 is 2.41 bits per heavy atom. The average molecular weight is 413 g/mol. The Kier molecular flexibility index (Phi) is 6.21. The first-order valence-corrected chi connectivity index (χ1v) is 10.0. The van der Waals surface area contributed by atoms with E-state index in [0.29, 0.717) is 24.6 Å². The molecule has 1 aromatic heterocycles. The highest BCUT2D eigenvalue weighted by molar-refractivity contribution is 5.90. The molecule has 8 nitrogen and oxygen atoms in total. The molecule has 2 aliphatic rings. The molecule has 1 aliphatic heterocycles. The van der Waals surface area contributed by atoms with Crippen LogP contribution in [0, 0.1) is 18.8 Å². The van der Waals surface area contributed by atoms with Crippen molar-refractivity contribution in [2.24, 2.45) is 17.6 Å². The third-order valence-electron chi connectivity index (χ3n) is 6.05. The monoisotopic (exact) mass is 413 g/mol. The van der Waals surface area contributed by atoms with Crippen molar-refractivity contribution in [1.29, 1.82) is 0 Å². The van der Waals surface area contributed by atoms with Crippen molar-refractivity contribution in [3.8, 4) is 0 Å². The first kappa shape index (κ1) is 21.6. The van der Waals surface area contributed by atoms with Crippen LogP contribution < -0.4 is 5.73 Å². The quantitative estimate of drug-likeness (QED) is 0.785. The SMILES string of the molecule is Cc1noc(C2CCC(C(C(=O)N(C)C)C(N)C(=O)N3CCC(F)(F)C3)CC2)n1. The minimum absolute atomic E-state index is 0.0360. The fraction of sp³-hybridized carbons (Fsp3) is 0.789. The Hall–Kier alpha value is -2.10. The molecule has 2 amide bonds. The van der Waals surface area contributed by atoms with Crippen LogP contribution in [0.4, 0.5) is 8.78 Å². The Morgan fingerprint density at radius 2 is 1.93 bits per heavy atom. The molecule has 0 bridgehead atoms. The number of carbonyl (C=O) groups excluding carboxylic acids is 2. The molecule has 1 aromatic rings. The summed E-state index contributed by atoms with van der Waals surface area (Å²) in [6, 6.07) is -1.13. The number of alkyl halides is 2. The van der Waals surface area contributed by atoms with Crippen molar-refractivity contribution < 1.29 is 22.9 Å². The van der Waals surface area contributed by atoms with Crippen LogP contribution in [0.2, 0.25) is 0 Å². The van der Waals surface area contributed by atoms with E-state index in [1.807, 2.05) is 0 Å². The van der Waals surface area contributed by atoms with Crippen LogP contribution in [0.1, 0.15) is 49.7 Å². The van der Waals surface area contributed by atoms with Crippen molar-refractivity contribution in [1.82, 2.24) is 19.9 Å². The highest BCUT2D eigenvalue weighted by Crippen LogP contribution is 2.40. The van der Waals surface area contributed by atoms with Crippen LogP contribution in [0.25, 0.3) is 0 Å². The molecule has 2 unspecified atom stereocenters. The predicted octanol–water partition coefficient (Wildman–Crippen LogP) is 1.55. The van der Waals surface area contributed by atoms with E-state index in [1.54, 1.807) is 21.0 Å². The van der Waals surface area contributed by atoms with Gasteiger partial charge in [0.15, 0.2) is 5.82 Å². The Bertz CT molecular complexity index is 746. The van der Waals surface area contributed by atoms with E-state index in [0.717, 1.165) is 17.7 Å². The van der Waals surface area contributed by atoms with Gasteiger partial charge in [0.1, 0.15) is 0 Å². The fourth-order valence-corrected chi connectivity index (χ4v) is 4.44. The van der Waals surface area contributed by atoms with Gasteiger partial charge in [-0.1, -0.05) is 5.16 Å². The lowest BCUT2D eigenvalue weighted by Crippen LogP contribution is -2.54. The standard InChI is InChI=1S/C19H29F2N5O3/c1-11-23-16(29-24-11)13-6-4-12(5-7-13)14(17(27)25(2)3)15(22)18(28)26-9-8-19(20,21)10-26/h12-15H,4-10,22H2,1-3H3. The lowest BCUT2D eigenvalue weighted by Gasteiger charge is -2.36. The zero-order chi connectivity index (χ0) is 21.3. The average Bonchev–Trinajstić information content (AvgIpc) is 3.26. The highest BCUT2D eigenvalue weighted by Gasteiger charge is 2.46. The van der Waals surface area contributed by atoms with Crippen molar-refractivity contribution >= 4 is 11.8 Å². The largest absolute Gasteiger partial charge is 0.349 e. The molecule has 1 saturated carbocycles. The molecule has 2 fully saturated rings. The first-order chi connectivity index (χ1) is 13.6. The maximum absolute atomic E-state index is 13.5. The zero-order valence-corrected chi connectivity index (χ0v) is 17.1. The minimum atomic E-state index is -2.89. The summed E-state index contributed by atoms with van der Waals surface area (Å²) in [5.41, 5.74) is 6.22. The minimum Gasteiger partial charge on any atom is -0.349 e. The molecule has 0 spiro atoms. The van der Waals surface area contributed by atoms with Crippen molar-refractivity contribution in [3.63, 3.8) is 0 Å². The summed E-state index contributed by atoms with van der Waals surface area (Å²) in [6.45, 7) is 1.09. The summed E-state index contributed by atoms with van der Waals surface area (Å²) in [6.07, 6.45) is 2.46. The lowest BCUT2D eigenvalue weighted by molar-refractivity contribution is -0.144. The molecule has 10 heteroatoms. The van der Waals surface area contributed by atoms with E-state index in [-0.39, 0.29) is 30.7 Å². The maximum atomic E-state index is 13.5. The van der Waals surface area contributed by atoms with Gasteiger partial charge in [0.05, 0.1) is 18.5 Å². The third kappa shape index (κ3) is 4.73. The fourth-order valence-electron chi connectivity index (χ4n) is 4.44. The van der Waals surface area contributed by atoms with Gasteiger partial charge >= 0.3 is 0 Å². The smallest absolute Gasteiger partial charge is 0.267 e. The zero-order valence-electron chi connectivity index (χ0n) is 17.1. The number of amides is 2. The number of likely N-dealkylation sites (tertiary alicyclic amines) is 1. The van der Waals surface area contributed by atoms with Gasteiger partial charge in [-0.25, -0.2) is 8.78 Å². The summed E-state index contributed by atoms with van der Waals surface area (Å²) >= 11 is 0. The van der Waals surface area contributed by atoms with Gasteiger partial charge in [-0.05, 0) is 38.5 Å². The van der Waals surface area contributed by atoms with Gasteiger partial charge in [-0.3, -0.25) is 9.59 Å². The summed E-state index contributed by atoms with van der Waals surface area (Å²) in [5, 5.41) is 3.83. The summed E-state index contributed by atoms with van der Waals surface area (Å²) in [7, 11) is 3.23. The van der Waals surface area contributed by atoms with Gasteiger partial charge in [0.2, 0.25) is 17.7 Å². The lowest BCUT2D eigenvalue weighted by atomic mass is 9.72. The maximum Gasteiger partial charge on any atom is 0.267 e. The topological polar surface area (TPSA) is 106 Å². The number of nitrogens with zero attached hydrogens (tertiary/aromatic N) is 4. The predicted molar refractivity (Wildman–Crippen MR) is 100 cm³/mol. The van der Waals surface area contributed by atoms with Crippen molar-refractivity contribution in [2.75, 3.05) is 27.2 Å². The van der Waals surface area contributed by atoms with Crippen LogP contribution in [0.5, 0.6) is 0 Å². The van der Waals surface area contributed by atoms with Crippen LogP contribution in [-0.4, -0.2) is 70.9 Å². The second kappa shape index (κ2) is 8.33. The third-order valence-corrected chi connectivity index (χ3v) is 6.05. The molecule has 2 atom stereocenters.